The van der Waals surface area contributed by atoms with Crippen LogP contribution in [-0.4, -0.2) is 22.1 Å². The largest absolute Gasteiger partial charge is 0.338 e. The van der Waals surface area contributed by atoms with Crippen LogP contribution in [0.25, 0.3) is 0 Å². The van der Waals surface area contributed by atoms with E-state index < -0.39 is 0 Å². The maximum atomic E-state index is 8.81. The predicted molar refractivity (Wildman–Crippen MR) is 79.3 cm³/mol. The summed E-state index contributed by atoms with van der Waals surface area (Å²) in [4.78, 5) is 6.57. The summed E-state index contributed by atoms with van der Waals surface area (Å²) < 4.78 is 5.33. The van der Waals surface area contributed by atoms with Crippen LogP contribution in [0.15, 0.2) is 28.8 Å². The molecule has 0 spiro atoms. The van der Waals surface area contributed by atoms with E-state index in [1.807, 2.05) is 38.2 Å². The number of nitriles is 1. The lowest BCUT2D eigenvalue weighted by atomic mass is 10.1. The topological polar surface area (TPSA) is 66.0 Å². The molecule has 0 aliphatic heterocycles. The Morgan fingerprint density at radius 2 is 2.05 bits per heavy atom. The molecule has 5 heteroatoms. The minimum atomic E-state index is 0.0544. The maximum Gasteiger partial charge on any atom is 0.243 e. The number of hydrogen-bond donors (Lipinski definition) is 0. The third kappa shape index (κ3) is 3.89. The minimum absolute atomic E-state index is 0.0544. The van der Waals surface area contributed by atoms with Gasteiger partial charge in [0, 0.05) is 13.0 Å². The van der Waals surface area contributed by atoms with E-state index in [0.29, 0.717) is 11.5 Å². The van der Waals surface area contributed by atoms with E-state index in [2.05, 4.69) is 28.0 Å². The molecule has 0 N–H and O–H groups in total. The highest BCUT2D eigenvalue weighted by Crippen LogP contribution is 2.19. The van der Waals surface area contributed by atoms with Crippen molar-refractivity contribution in [1.29, 1.82) is 5.26 Å². The fourth-order valence-electron chi connectivity index (χ4n) is 2.06. The minimum Gasteiger partial charge on any atom is -0.338 e. The maximum absolute atomic E-state index is 8.81. The van der Waals surface area contributed by atoms with Gasteiger partial charge in [-0.2, -0.15) is 10.2 Å². The molecule has 0 saturated carbocycles. The van der Waals surface area contributed by atoms with Gasteiger partial charge in [-0.05, 0) is 38.1 Å². The molecular formula is C16H20N4O. The quantitative estimate of drug-likeness (QED) is 0.815. The summed E-state index contributed by atoms with van der Waals surface area (Å²) in [6.07, 6.45) is 1.85. The first-order valence-corrected chi connectivity index (χ1v) is 7.15. The summed E-state index contributed by atoms with van der Waals surface area (Å²) in [6, 6.07) is 9.79. The Hall–Kier alpha value is -2.19. The fraction of sp³-hybridized carbons (Fsp3) is 0.438. The van der Waals surface area contributed by atoms with Crippen LogP contribution in [0.2, 0.25) is 0 Å². The predicted octanol–water partition coefficient (Wildman–Crippen LogP) is 3.09. The summed E-state index contributed by atoms with van der Waals surface area (Å²) in [6.45, 7) is 4.90. The van der Waals surface area contributed by atoms with E-state index >= 15 is 0 Å². The van der Waals surface area contributed by atoms with Gasteiger partial charge in [0.15, 0.2) is 5.82 Å². The van der Waals surface area contributed by atoms with E-state index in [9.17, 15) is 0 Å². The summed E-state index contributed by atoms with van der Waals surface area (Å²) in [5, 5.41) is 12.8. The molecule has 0 aliphatic rings. The number of hydrogen-bond acceptors (Lipinski definition) is 5. The van der Waals surface area contributed by atoms with E-state index in [4.69, 9.17) is 9.78 Å². The molecule has 2 rings (SSSR count). The first-order valence-electron chi connectivity index (χ1n) is 7.15. The lowest BCUT2D eigenvalue weighted by molar-refractivity contribution is 0.202. The summed E-state index contributed by atoms with van der Waals surface area (Å²) in [7, 11) is 2.02. The van der Waals surface area contributed by atoms with E-state index in [-0.39, 0.29) is 6.04 Å². The van der Waals surface area contributed by atoms with E-state index in [1.165, 1.54) is 0 Å². The molecule has 0 aliphatic carbocycles. The monoisotopic (exact) mass is 284 g/mol. The molecule has 5 nitrogen and oxygen atoms in total. The Kier molecular flexibility index (Phi) is 5.07. The highest BCUT2D eigenvalue weighted by molar-refractivity contribution is 5.31. The second-order valence-corrected chi connectivity index (χ2v) is 5.20. The van der Waals surface area contributed by atoms with Gasteiger partial charge in [0.25, 0.3) is 0 Å². The van der Waals surface area contributed by atoms with Crippen LogP contribution in [0.1, 0.15) is 49.2 Å². The van der Waals surface area contributed by atoms with Gasteiger partial charge >= 0.3 is 0 Å². The zero-order valence-corrected chi connectivity index (χ0v) is 12.7. The van der Waals surface area contributed by atoms with Crippen molar-refractivity contribution in [2.75, 3.05) is 7.05 Å². The Morgan fingerprint density at radius 1 is 1.33 bits per heavy atom. The van der Waals surface area contributed by atoms with E-state index in [1.54, 1.807) is 0 Å². The molecule has 0 bridgehead atoms. The summed E-state index contributed by atoms with van der Waals surface area (Å²) in [5.41, 5.74) is 1.83. The number of aryl methyl sites for hydroxylation is 1. The van der Waals surface area contributed by atoms with Crippen molar-refractivity contribution in [2.24, 2.45) is 0 Å². The lowest BCUT2D eigenvalue weighted by Gasteiger charge is -2.21. The molecule has 110 valence electrons. The van der Waals surface area contributed by atoms with Gasteiger partial charge in [-0.3, -0.25) is 4.90 Å². The van der Waals surface area contributed by atoms with Crippen LogP contribution in [0.4, 0.5) is 0 Å². The van der Waals surface area contributed by atoms with Gasteiger partial charge in [-0.1, -0.05) is 24.2 Å². The third-order valence-electron chi connectivity index (χ3n) is 3.49. The molecule has 1 aromatic heterocycles. The molecule has 21 heavy (non-hydrogen) atoms. The molecule has 2 aromatic rings. The number of aromatic nitrogens is 2. The SMILES string of the molecule is CCCc1noc([C@H](C)N(C)Cc2ccc(C#N)cc2)n1. The Morgan fingerprint density at radius 3 is 2.67 bits per heavy atom. The normalized spacial score (nSPS) is 12.3. The van der Waals surface area contributed by atoms with Crippen molar-refractivity contribution >= 4 is 0 Å². The molecule has 1 heterocycles. The van der Waals surface area contributed by atoms with Crippen molar-refractivity contribution in [1.82, 2.24) is 15.0 Å². The van der Waals surface area contributed by atoms with Crippen molar-refractivity contribution in [3.05, 3.63) is 47.1 Å². The standard InChI is InChI=1S/C16H20N4O/c1-4-5-15-18-16(21-19-15)12(2)20(3)11-14-8-6-13(10-17)7-9-14/h6-9,12H,4-5,11H2,1-3H3/t12-/m0/s1. The second kappa shape index (κ2) is 7.00. The zero-order valence-electron chi connectivity index (χ0n) is 12.7. The average Bonchev–Trinajstić information content (AvgIpc) is 2.96. The number of benzene rings is 1. The van der Waals surface area contributed by atoms with Crippen LogP contribution in [-0.2, 0) is 13.0 Å². The van der Waals surface area contributed by atoms with Gasteiger partial charge in [-0.25, -0.2) is 0 Å². The smallest absolute Gasteiger partial charge is 0.243 e. The molecule has 0 unspecified atom stereocenters. The zero-order chi connectivity index (χ0) is 15.2. The van der Waals surface area contributed by atoms with E-state index in [0.717, 1.165) is 30.8 Å². The molecule has 0 fully saturated rings. The van der Waals surface area contributed by atoms with Crippen LogP contribution >= 0.6 is 0 Å². The number of rotatable bonds is 6. The van der Waals surface area contributed by atoms with Gasteiger partial charge in [0.1, 0.15) is 0 Å². The summed E-state index contributed by atoms with van der Waals surface area (Å²) in [5.74, 6) is 1.42. The summed E-state index contributed by atoms with van der Waals surface area (Å²) >= 11 is 0. The molecule has 0 radical (unpaired) electrons. The van der Waals surface area contributed by atoms with Crippen LogP contribution in [0.3, 0.4) is 0 Å². The van der Waals surface area contributed by atoms with Gasteiger partial charge in [-0.15, -0.1) is 0 Å². The second-order valence-electron chi connectivity index (χ2n) is 5.20. The molecule has 1 atom stereocenters. The Labute approximate surface area is 125 Å². The number of nitrogens with zero attached hydrogens (tertiary/aromatic N) is 4. The van der Waals surface area contributed by atoms with Crippen LogP contribution < -0.4 is 0 Å². The molecular weight excluding hydrogens is 264 g/mol. The molecule has 0 saturated heterocycles. The third-order valence-corrected chi connectivity index (χ3v) is 3.49. The average molecular weight is 284 g/mol. The van der Waals surface area contributed by atoms with Gasteiger partial charge < -0.3 is 4.52 Å². The van der Waals surface area contributed by atoms with Gasteiger partial charge in [0.2, 0.25) is 5.89 Å². The highest BCUT2D eigenvalue weighted by Gasteiger charge is 2.18. The molecule has 1 aromatic carbocycles. The molecule has 0 amide bonds. The van der Waals surface area contributed by atoms with Crippen molar-refractivity contribution in [3.8, 4) is 6.07 Å². The first-order chi connectivity index (χ1) is 10.1. The van der Waals surface area contributed by atoms with Gasteiger partial charge in [0.05, 0.1) is 17.7 Å². The Balaban J connectivity index is 2.00. The van der Waals surface area contributed by atoms with Crippen molar-refractivity contribution < 1.29 is 4.52 Å². The highest BCUT2D eigenvalue weighted by atomic mass is 16.5. The first kappa shape index (κ1) is 15.2. The fourth-order valence-corrected chi connectivity index (χ4v) is 2.06. The van der Waals surface area contributed by atoms with Crippen molar-refractivity contribution in [3.63, 3.8) is 0 Å². The van der Waals surface area contributed by atoms with Crippen LogP contribution in [0, 0.1) is 11.3 Å². The van der Waals surface area contributed by atoms with Crippen LogP contribution in [0.5, 0.6) is 0 Å². The lowest BCUT2D eigenvalue weighted by Crippen LogP contribution is -2.22. The van der Waals surface area contributed by atoms with Crippen molar-refractivity contribution in [2.45, 2.75) is 39.3 Å². The Bertz CT molecular complexity index is 612.